The van der Waals surface area contributed by atoms with Gasteiger partial charge in [-0.3, -0.25) is 4.79 Å². The number of allylic oxidation sites excluding steroid dienone is 1. The molecule has 0 radical (unpaired) electrons. The number of nitrogens with zero attached hydrogens (tertiary/aromatic N) is 2. The summed E-state index contributed by atoms with van der Waals surface area (Å²) in [5, 5.41) is 4.39. The van der Waals surface area contributed by atoms with E-state index >= 15 is 0 Å². The Balaban J connectivity index is 1.13. The first-order valence-corrected chi connectivity index (χ1v) is 12.1. The van der Waals surface area contributed by atoms with Gasteiger partial charge in [-0.15, -0.1) is 0 Å². The monoisotopic (exact) mass is 428 g/mol. The van der Waals surface area contributed by atoms with Gasteiger partial charge in [-0.25, -0.2) is 0 Å². The number of carbonyl (C=O) groups excluding carboxylic acids is 1. The van der Waals surface area contributed by atoms with Gasteiger partial charge in [-0.1, -0.05) is 79.0 Å². The molecule has 1 saturated carbocycles. The minimum absolute atomic E-state index is 0.0762. The average molecular weight is 429 g/mol. The Hall–Kier alpha value is -2.88. The second-order valence-electron chi connectivity index (χ2n) is 9.53. The Morgan fingerprint density at radius 2 is 1.69 bits per heavy atom. The third-order valence-electron chi connectivity index (χ3n) is 7.36. The van der Waals surface area contributed by atoms with Crippen molar-refractivity contribution in [3.8, 4) is 0 Å². The van der Waals surface area contributed by atoms with Gasteiger partial charge >= 0.3 is 0 Å². The van der Waals surface area contributed by atoms with E-state index in [2.05, 4.69) is 34.3 Å². The fourth-order valence-corrected chi connectivity index (χ4v) is 5.28. The van der Waals surface area contributed by atoms with E-state index in [1.807, 2.05) is 36.5 Å². The van der Waals surface area contributed by atoms with Gasteiger partial charge < -0.3 is 9.74 Å². The van der Waals surface area contributed by atoms with Crippen LogP contribution in [0.25, 0.3) is 0 Å². The van der Waals surface area contributed by atoms with Crippen LogP contribution in [-0.4, -0.2) is 35.1 Å². The van der Waals surface area contributed by atoms with Gasteiger partial charge in [0.1, 0.15) is 5.60 Å². The average Bonchev–Trinajstić information content (AvgIpc) is 3.28. The second-order valence-corrected chi connectivity index (χ2v) is 9.53. The fraction of sp³-hybridized carbons (Fsp3) is 0.429. The highest BCUT2D eigenvalue weighted by molar-refractivity contribution is 6.04. The van der Waals surface area contributed by atoms with Crippen molar-refractivity contribution in [1.82, 2.24) is 4.90 Å². The highest BCUT2D eigenvalue weighted by atomic mass is 16.7. The standard InChI is InChI=1S/C28H32N2O2/c31-27(25-13-11-23(12-14-25)22-7-3-1-4-8-22)15-18-30-19-16-28(17-20-30)21-26(29-32-28)24-9-5-2-6-10-24/h2,5-6,9-15,18,22H,1,3-4,7-8,16-17,19-21H2. The van der Waals surface area contributed by atoms with Crippen LogP contribution in [0.4, 0.5) is 0 Å². The van der Waals surface area contributed by atoms with Crippen molar-refractivity contribution in [3.05, 3.63) is 83.6 Å². The molecule has 0 aromatic heterocycles. The van der Waals surface area contributed by atoms with E-state index in [1.165, 1.54) is 37.7 Å². The smallest absolute Gasteiger partial charge is 0.187 e. The summed E-state index contributed by atoms with van der Waals surface area (Å²) in [6, 6.07) is 18.6. The lowest BCUT2D eigenvalue weighted by Gasteiger charge is -2.36. The third-order valence-corrected chi connectivity index (χ3v) is 7.36. The zero-order valence-electron chi connectivity index (χ0n) is 18.7. The summed E-state index contributed by atoms with van der Waals surface area (Å²) in [7, 11) is 0. The van der Waals surface area contributed by atoms with Crippen molar-refractivity contribution >= 4 is 11.5 Å². The van der Waals surface area contributed by atoms with Gasteiger partial charge in [-0.05, 0) is 29.9 Å². The van der Waals surface area contributed by atoms with Gasteiger partial charge in [0, 0.05) is 50.2 Å². The van der Waals surface area contributed by atoms with Crippen LogP contribution in [0.2, 0.25) is 0 Å². The zero-order chi connectivity index (χ0) is 21.8. The molecule has 2 aromatic carbocycles. The fourth-order valence-electron chi connectivity index (χ4n) is 5.28. The molecule has 5 rings (SSSR count). The van der Waals surface area contributed by atoms with E-state index in [0.29, 0.717) is 5.92 Å². The highest BCUT2D eigenvalue weighted by Crippen LogP contribution is 2.36. The molecule has 3 aliphatic rings. The maximum atomic E-state index is 12.7. The van der Waals surface area contributed by atoms with E-state index in [0.717, 1.165) is 49.2 Å². The van der Waals surface area contributed by atoms with Gasteiger partial charge in [0.25, 0.3) is 0 Å². The quantitative estimate of drug-likeness (QED) is 0.427. The number of carbonyl (C=O) groups is 1. The minimum atomic E-state index is -0.186. The van der Waals surface area contributed by atoms with Crippen LogP contribution in [0.5, 0.6) is 0 Å². The van der Waals surface area contributed by atoms with Gasteiger partial charge in [0.05, 0.1) is 5.71 Å². The summed E-state index contributed by atoms with van der Waals surface area (Å²) in [6.45, 7) is 1.75. The predicted molar refractivity (Wildman–Crippen MR) is 128 cm³/mol. The van der Waals surface area contributed by atoms with E-state index < -0.39 is 0 Å². The van der Waals surface area contributed by atoms with Crippen molar-refractivity contribution < 1.29 is 9.63 Å². The van der Waals surface area contributed by atoms with Crippen LogP contribution in [0.15, 0.2) is 72.0 Å². The lowest BCUT2D eigenvalue weighted by atomic mass is 9.84. The van der Waals surface area contributed by atoms with Crippen LogP contribution < -0.4 is 0 Å². The lowest BCUT2D eigenvalue weighted by molar-refractivity contribution is -0.0550. The second kappa shape index (κ2) is 9.32. The molecule has 2 aliphatic heterocycles. The number of benzene rings is 2. The molecule has 1 aliphatic carbocycles. The molecule has 32 heavy (non-hydrogen) atoms. The Labute approximate surface area is 191 Å². The van der Waals surface area contributed by atoms with E-state index in [9.17, 15) is 4.79 Å². The molecule has 0 amide bonds. The normalized spacial score (nSPS) is 21.0. The van der Waals surface area contributed by atoms with Crippen LogP contribution in [0.3, 0.4) is 0 Å². The first-order valence-electron chi connectivity index (χ1n) is 12.1. The zero-order valence-corrected chi connectivity index (χ0v) is 18.7. The molecule has 4 heteroatoms. The summed E-state index contributed by atoms with van der Waals surface area (Å²) in [5.74, 6) is 0.751. The maximum absolute atomic E-state index is 12.7. The van der Waals surface area contributed by atoms with Gasteiger partial charge in [0.15, 0.2) is 5.78 Å². The van der Waals surface area contributed by atoms with Crippen LogP contribution in [0.1, 0.15) is 78.8 Å². The van der Waals surface area contributed by atoms with Crippen molar-refractivity contribution in [3.63, 3.8) is 0 Å². The van der Waals surface area contributed by atoms with Crippen molar-refractivity contribution in [2.75, 3.05) is 13.1 Å². The highest BCUT2D eigenvalue weighted by Gasteiger charge is 2.41. The van der Waals surface area contributed by atoms with Gasteiger partial charge in [-0.2, -0.15) is 0 Å². The molecule has 166 valence electrons. The Bertz CT molecular complexity index is 980. The van der Waals surface area contributed by atoms with E-state index in [1.54, 1.807) is 6.08 Å². The maximum Gasteiger partial charge on any atom is 0.187 e. The number of oxime groups is 1. The summed E-state index contributed by atoms with van der Waals surface area (Å²) in [4.78, 5) is 20.8. The van der Waals surface area contributed by atoms with Crippen LogP contribution in [-0.2, 0) is 4.84 Å². The van der Waals surface area contributed by atoms with Crippen molar-refractivity contribution in [2.45, 2.75) is 62.9 Å². The van der Waals surface area contributed by atoms with Crippen molar-refractivity contribution in [1.29, 1.82) is 0 Å². The molecule has 1 saturated heterocycles. The Kier molecular flexibility index (Phi) is 6.11. The van der Waals surface area contributed by atoms with Gasteiger partial charge in [0.2, 0.25) is 0 Å². The molecule has 2 heterocycles. The molecule has 4 nitrogen and oxygen atoms in total. The molecular formula is C28H32N2O2. The number of hydrogen-bond acceptors (Lipinski definition) is 4. The predicted octanol–water partition coefficient (Wildman–Crippen LogP) is 6.09. The summed E-state index contributed by atoms with van der Waals surface area (Å²) in [5.41, 5.74) is 4.16. The minimum Gasteiger partial charge on any atom is -0.388 e. The SMILES string of the molecule is O=C(C=CN1CCC2(CC1)CC(c1ccccc1)=NO2)c1ccc(C2CCCCC2)cc1. The molecular weight excluding hydrogens is 396 g/mol. The first kappa shape index (κ1) is 21.0. The number of piperidine rings is 1. The lowest BCUT2D eigenvalue weighted by Crippen LogP contribution is -2.42. The number of ketones is 1. The molecule has 0 N–H and O–H groups in total. The summed E-state index contributed by atoms with van der Waals surface area (Å²) < 4.78 is 0. The number of hydrogen-bond donors (Lipinski definition) is 0. The molecule has 0 atom stereocenters. The molecule has 0 unspecified atom stereocenters. The molecule has 2 fully saturated rings. The third kappa shape index (κ3) is 4.64. The van der Waals surface area contributed by atoms with Crippen LogP contribution >= 0.6 is 0 Å². The number of rotatable bonds is 5. The summed E-state index contributed by atoms with van der Waals surface area (Å²) in [6.07, 6.45) is 13.0. The molecule has 0 bridgehead atoms. The van der Waals surface area contributed by atoms with E-state index in [4.69, 9.17) is 4.84 Å². The Morgan fingerprint density at radius 1 is 0.969 bits per heavy atom. The summed E-state index contributed by atoms with van der Waals surface area (Å²) >= 11 is 0. The Morgan fingerprint density at radius 3 is 2.41 bits per heavy atom. The molecule has 1 spiro atoms. The van der Waals surface area contributed by atoms with E-state index in [-0.39, 0.29) is 11.4 Å². The largest absolute Gasteiger partial charge is 0.388 e. The topological polar surface area (TPSA) is 41.9 Å². The number of likely N-dealkylation sites (tertiary alicyclic amines) is 1. The molecule has 2 aromatic rings. The van der Waals surface area contributed by atoms with Crippen LogP contribution in [0, 0.1) is 0 Å². The first-order chi connectivity index (χ1) is 15.7. The van der Waals surface area contributed by atoms with Crippen molar-refractivity contribution in [2.24, 2.45) is 5.16 Å².